The van der Waals surface area contributed by atoms with Gasteiger partial charge in [-0.25, -0.2) is 8.78 Å². The van der Waals surface area contributed by atoms with Crippen LogP contribution >= 0.6 is 12.4 Å². The molecule has 1 aromatic carbocycles. The van der Waals surface area contributed by atoms with Gasteiger partial charge in [0.1, 0.15) is 0 Å². The van der Waals surface area contributed by atoms with E-state index in [2.05, 4.69) is 5.32 Å². The van der Waals surface area contributed by atoms with Crippen LogP contribution < -0.4 is 5.32 Å². The first-order valence-electron chi connectivity index (χ1n) is 7.51. The molecule has 150 valence electrons. The number of nitrogens with one attached hydrogen (secondary N) is 1. The molecule has 0 aliphatic carbocycles. The van der Waals surface area contributed by atoms with Crippen LogP contribution in [0.25, 0.3) is 0 Å². The molecule has 1 aromatic rings. The quantitative estimate of drug-likeness (QED) is 0.718. The Balaban J connectivity index is 0.00000338. The molecule has 1 aliphatic rings. The predicted molar refractivity (Wildman–Crippen MR) is 81.5 cm³/mol. The van der Waals surface area contributed by atoms with Crippen molar-refractivity contribution in [3.05, 3.63) is 34.9 Å². The molecule has 2 nitrogen and oxygen atoms in total. The van der Waals surface area contributed by atoms with Crippen LogP contribution in [-0.4, -0.2) is 37.5 Å². The SMILES string of the molecule is Cl.FC(F)C[C@@H](c1cc(C(F)(F)F)ccc1C(F)(F)F)N1CCNCC1. The highest BCUT2D eigenvalue weighted by Gasteiger charge is 2.40. The van der Waals surface area contributed by atoms with E-state index in [9.17, 15) is 35.1 Å². The highest BCUT2D eigenvalue weighted by atomic mass is 35.5. The van der Waals surface area contributed by atoms with E-state index in [1.165, 1.54) is 4.90 Å². The summed E-state index contributed by atoms with van der Waals surface area (Å²) in [5.74, 6) is 0. The Morgan fingerprint density at radius 1 is 0.962 bits per heavy atom. The van der Waals surface area contributed by atoms with Crippen molar-refractivity contribution in [2.45, 2.75) is 31.2 Å². The van der Waals surface area contributed by atoms with Gasteiger partial charge < -0.3 is 5.32 Å². The molecule has 0 saturated carbocycles. The normalized spacial score (nSPS) is 17.9. The highest BCUT2D eigenvalue weighted by molar-refractivity contribution is 5.85. The van der Waals surface area contributed by atoms with Crippen LogP contribution in [-0.2, 0) is 12.4 Å². The molecule has 0 radical (unpaired) electrons. The molecule has 1 atom stereocenters. The van der Waals surface area contributed by atoms with E-state index in [1.807, 2.05) is 0 Å². The molecule has 0 spiro atoms. The number of nitrogens with zero attached hydrogens (tertiary/aromatic N) is 1. The fourth-order valence-corrected chi connectivity index (χ4v) is 2.91. The molecule has 0 bridgehead atoms. The fraction of sp³-hybridized carbons (Fsp3) is 0.600. The van der Waals surface area contributed by atoms with Crippen molar-refractivity contribution in [1.82, 2.24) is 10.2 Å². The summed E-state index contributed by atoms with van der Waals surface area (Å²) in [4.78, 5) is 1.37. The first-order valence-corrected chi connectivity index (χ1v) is 7.51. The van der Waals surface area contributed by atoms with Gasteiger partial charge in [-0.1, -0.05) is 0 Å². The molecule has 0 aromatic heterocycles. The van der Waals surface area contributed by atoms with Crippen molar-refractivity contribution in [3.8, 4) is 0 Å². The second kappa shape index (κ2) is 8.71. The van der Waals surface area contributed by atoms with E-state index in [0.717, 1.165) is 0 Å². The molecule has 1 heterocycles. The second-order valence-electron chi connectivity index (χ2n) is 5.73. The monoisotopic (exact) mass is 412 g/mol. The summed E-state index contributed by atoms with van der Waals surface area (Å²) in [6.07, 6.45) is -13.7. The summed E-state index contributed by atoms with van der Waals surface area (Å²) < 4.78 is 104. The van der Waals surface area contributed by atoms with Crippen molar-refractivity contribution in [3.63, 3.8) is 0 Å². The van der Waals surface area contributed by atoms with Gasteiger partial charge in [-0.15, -0.1) is 12.4 Å². The smallest absolute Gasteiger partial charge is 0.314 e. The van der Waals surface area contributed by atoms with Crippen LogP contribution in [0.5, 0.6) is 0 Å². The van der Waals surface area contributed by atoms with Crippen LogP contribution in [0, 0.1) is 0 Å². The van der Waals surface area contributed by atoms with Gasteiger partial charge in [-0.3, -0.25) is 4.90 Å². The van der Waals surface area contributed by atoms with E-state index < -0.39 is 47.9 Å². The number of piperazine rings is 1. The van der Waals surface area contributed by atoms with Gasteiger partial charge in [0.05, 0.1) is 11.1 Å². The third kappa shape index (κ3) is 5.68. The van der Waals surface area contributed by atoms with Gasteiger partial charge >= 0.3 is 12.4 Å². The van der Waals surface area contributed by atoms with E-state index in [0.29, 0.717) is 31.3 Å². The molecule has 11 heteroatoms. The van der Waals surface area contributed by atoms with Gasteiger partial charge in [0.25, 0.3) is 0 Å². The minimum Gasteiger partial charge on any atom is -0.314 e. The van der Waals surface area contributed by atoms with E-state index >= 15 is 0 Å². The molecule has 1 N–H and O–H groups in total. The lowest BCUT2D eigenvalue weighted by Crippen LogP contribution is -2.46. The third-order valence-electron chi connectivity index (χ3n) is 4.04. The maximum Gasteiger partial charge on any atom is 0.416 e. The lowest BCUT2D eigenvalue weighted by atomic mass is 9.93. The van der Waals surface area contributed by atoms with Crippen LogP contribution in [0.1, 0.15) is 29.2 Å². The number of hydrogen-bond acceptors (Lipinski definition) is 2. The number of rotatable bonds is 4. The summed E-state index contributed by atoms with van der Waals surface area (Å²) in [7, 11) is 0. The van der Waals surface area contributed by atoms with Crippen molar-refractivity contribution >= 4 is 12.4 Å². The second-order valence-corrected chi connectivity index (χ2v) is 5.73. The highest BCUT2D eigenvalue weighted by Crippen LogP contribution is 2.41. The zero-order chi connectivity index (χ0) is 18.8. The van der Waals surface area contributed by atoms with Crippen LogP contribution in [0.4, 0.5) is 35.1 Å². The topological polar surface area (TPSA) is 15.3 Å². The van der Waals surface area contributed by atoms with Gasteiger partial charge in [0, 0.05) is 38.6 Å². The molecular weight excluding hydrogens is 396 g/mol. The minimum absolute atomic E-state index is 0. The van der Waals surface area contributed by atoms with E-state index in [-0.39, 0.29) is 25.5 Å². The first kappa shape index (κ1) is 22.9. The Morgan fingerprint density at radius 2 is 1.54 bits per heavy atom. The molecular formula is C15H17ClF8N2. The summed E-state index contributed by atoms with van der Waals surface area (Å²) in [6.45, 7) is 1.07. The molecule has 0 amide bonds. The largest absolute Gasteiger partial charge is 0.416 e. The Morgan fingerprint density at radius 3 is 2.00 bits per heavy atom. The first-order chi connectivity index (χ1) is 11.5. The molecule has 26 heavy (non-hydrogen) atoms. The standard InChI is InChI=1S/C15H16F8N2.ClH/c16-13(17)8-12(25-5-3-24-4-6-25)10-7-9(14(18,19)20)1-2-11(10)15(21,22)23;/h1-2,7,12-13,24H,3-6,8H2;1H/t12-;/m0./s1. The zero-order valence-electron chi connectivity index (χ0n) is 13.3. The van der Waals surface area contributed by atoms with E-state index in [1.54, 1.807) is 0 Å². The average molecular weight is 413 g/mol. The predicted octanol–water partition coefficient (Wildman–Crippen LogP) is 4.75. The molecule has 2 rings (SSSR count). The summed E-state index contributed by atoms with van der Waals surface area (Å²) in [5, 5.41) is 2.92. The Bertz CT molecular complexity index is 582. The molecule has 1 fully saturated rings. The molecule has 1 saturated heterocycles. The minimum atomic E-state index is -4.94. The number of halogens is 9. The van der Waals surface area contributed by atoms with Gasteiger partial charge in [0.15, 0.2) is 0 Å². The number of benzene rings is 1. The van der Waals surface area contributed by atoms with Crippen LogP contribution in [0.3, 0.4) is 0 Å². The average Bonchev–Trinajstić information content (AvgIpc) is 2.51. The Labute approximate surface area is 150 Å². The maximum absolute atomic E-state index is 13.2. The van der Waals surface area contributed by atoms with Gasteiger partial charge in [0.2, 0.25) is 6.43 Å². The van der Waals surface area contributed by atoms with Crippen LogP contribution in [0.2, 0.25) is 0 Å². The van der Waals surface area contributed by atoms with E-state index in [4.69, 9.17) is 0 Å². The van der Waals surface area contributed by atoms with Crippen LogP contribution in [0.15, 0.2) is 18.2 Å². The van der Waals surface area contributed by atoms with Gasteiger partial charge in [-0.05, 0) is 23.8 Å². The van der Waals surface area contributed by atoms with Gasteiger partial charge in [-0.2, -0.15) is 26.3 Å². The van der Waals surface area contributed by atoms with Crippen molar-refractivity contribution in [2.24, 2.45) is 0 Å². The Kier molecular flexibility index (Phi) is 7.67. The van der Waals surface area contributed by atoms with Crippen molar-refractivity contribution in [1.29, 1.82) is 0 Å². The third-order valence-corrected chi connectivity index (χ3v) is 4.04. The summed E-state index contributed by atoms with van der Waals surface area (Å²) in [6, 6.07) is -0.457. The maximum atomic E-state index is 13.2. The molecule has 1 aliphatic heterocycles. The number of alkyl halides is 8. The summed E-state index contributed by atoms with van der Waals surface area (Å²) >= 11 is 0. The van der Waals surface area contributed by atoms with Crippen molar-refractivity contribution in [2.75, 3.05) is 26.2 Å². The lowest BCUT2D eigenvalue weighted by Gasteiger charge is -2.36. The zero-order valence-corrected chi connectivity index (χ0v) is 14.1. The van der Waals surface area contributed by atoms with Crippen molar-refractivity contribution < 1.29 is 35.1 Å². The Hall–Kier alpha value is -1.13. The summed E-state index contributed by atoms with van der Waals surface area (Å²) in [5.41, 5.74) is -3.36. The number of hydrogen-bond donors (Lipinski definition) is 1. The fourth-order valence-electron chi connectivity index (χ4n) is 2.91. The molecule has 0 unspecified atom stereocenters. The lowest BCUT2D eigenvalue weighted by molar-refractivity contribution is -0.142.